The molecule has 0 radical (unpaired) electrons. The van der Waals surface area contributed by atoms with Crippen molar-refractivity contribution in [3.63, 3.8) is 0 Å². The minimum atomic E-state index is -0.300. The van der Waals surface area contributed by atoms with Gasteiger partial charge in [0.2, 0.25) is 0 Å². The molecule has 0 saturated carbocycles. The molecule has 1 heterocycles. The van der Waals surface area contributed by atoms with Crippen molar-refractivity contribution in [2.24, 2.45) is 0 Å². The lowest BCUT2D eigenvalue weighted by Crippen LogP contribution is -2.19. The van der Waals surface area contributed by atoms with Crippen molar-refractivity contribution in [1.82, 2.24) is 5.32 Å². The summed E-state index contributed by atoms with van der Waals surface area (Å²) < 4.78 is 0. The lowest BCUT2D eigenvalue weighted by molar-refractivity contribution is 0.0879. The van der Waals surface area contributed by atoms with E-state index in [1.807, 2.05) is 0 Å². The normalized spacial score (nSPS) is 12.5. The van der Waals surface area contributed by atoms with Crippen molar-refractivity contribution in [2.75, 3.05) is 0 Å². The highest BCUT2D eigenvalue weighted by atomic mass is 16.2. The summed E-state index contributed by atoms with van der Waals surface area (Å²) in [4.78, 5) is 21.9. The fraction of sp³-hybridized carbons (Fsp3) is 0. The smallest absolute Gasteiger partial charge is 0.258 e. The van der Waals surface area contributed by atoms with Gasteiger partial charge in [-0.3, -0.25) is 14.9 Å². The van der Waals surface area contributed by atoms with Gasteiger partial charge in [0, 0.05) is 0 Å². The Hall–Kier alpha value is -2.08. The average molecular weight is 173 g/mol. The molecule has 1 aliphatic rings. The van der Waals surface area contributed by atoms with E-state index in [1.165, 1.54) is 0 Å². The third-order valence-electron chi connectivity index (χ3n) is 1.64. The van der Waals surface area contributed by atoms with Crippen molar-refractivity contribution in [1.29, 1.82) is 0 Å². The van der Waals surface area contributed by atoms with Crippen molar-refractivity contribution < 1.29 is 9.59 Å². The molecule has 0 saturated heterocycles. The Morgan fingerprint density at radius 2 is 1.31 bits per heavy atom. The van der Waals surface area contributed by atoms with E-state index in [0.29, 0.717) is 11.1 Å². The monoisotopic (exact) mass is 173 g/mol. The minimum absolute atomic E-state index is 0.300. The Morgan fingerprint density at radius 1 is 0.923 bits per heavy atom. The third-order valence-corrected chi connectivity index (χ3v) is 1.64. The van der Waals surface area contributed by atoms with Gasteiger partial charge < -0.3 is 0 Å². The van der Waals surface area contributed by atoms with Gasteiger partial charge in [-0.15, -0.1) is 12.8 Å². The summed E-state index contributed by atoms with van der Waals surface area (Å²) >= 11 is 0. The van der Waals surface area contributed by atoms with Crippen LogP contribution in [0.3, 0.4) is 0 Å². The summed E-state index contributed by atoms with van der Waals surface area (Å²) in [5.74, 6) is -0.601. The Balaban J connectivity index is 0.000000396. The summed E-state index contributed by atoms with van der Waals surface area (Å²) in [5, 5.41) is 2.20. The van der Waals surface area contributed by atoms with Crippen molar-refractivity contribution in [2.45, 2.75) is 0 Å². The Bertz CT molecular complexity index is 347. The Kier molecular flexibility index (Phi) is 2.46. The van der Waals surface area contributed by atoms with Gasteiger partial charge in [0.15, 0.2) is 0 Å². The summed E-state index contributed by atoms with van der Waals surface area (Å²) in [5.41, 5.74) is 0.940. The van der Waals surface area contributed by atoms with Crippen LogP contribution in [-0.4, -0.2) is 11.8 Å². The van der Waals surface area contributed by atoms with E-state index < -0.39 is 0 Å². The SMILES string of the molecule is C#C.O=C1NC(=O)c2ccccc21. The molecule has 1 aromatic carbocycles. The first-order chi connectivity index (χ1) is 6.29. The number of benzene rings is 1. The molecule has 1 N–H and O–H groups in total. The maximum atomic E-state index is 10.9. The summed E-state index contributed by atoms with van der Waals surface area (Å²) in [6, 6.07) is 6.74. The lowest BCUT2D eigenvalue weighted by atomic mass is 10.1. The van der Waals surface area contributed by atoms with E-state index in [2.05, 4.69) is 18.2 Å². The average Bonchev–Trinajstić information content (AvgIpc) is 2.47. The number of carbonyl (C=O) groups excluding carboxylic acids is 2. The molecule has 1 aromatic rings. The van der Waals surface area contributed by atoms with Crippen LogP contribution in [0.2, 0.25) is 0 Å². The predicted octanol–water partition coefficient (Wildman–Crippen LogP) is 0.820. The number of hydrogen-bond acceptors (Lipinski definition) is 2. The zero-order valence-electron chi connectivity index (χ0n) is 6.78. The van der Waals surface area contributed by atoms with E-state index in [0.717, 1.165) is 0 Å². The predicted molar refractivity (Wildman–Crippen MR) is 48.1 cm³/mol. The second-order valence-electron chi connectivity index (χ2n) is 2.33. The molecule has 2 amide bonds. The molecular formula is C10H7NO2. The van der Waals surface area contributed by atoms with E-state index in [1.54, 1.807) is 24.3 Å². The van der Waals surface area contributed by atoms with Gasteiger partial charge in [-0.25, -0.2) is 0 Å². The second-order valence-corrected chi connectivity index (χ2v) is 2.33. The van der Waals surface area contributed by atoms with Crippen LogP contribution in [0, 0.1) is 12.8 Å². The Labute approximate surface area is 75.8 Å². The van der Waals surface area contributed by atoms with Gasteiger partial charge in [0.25, 0.3) is 11.8 Å². The molecule has 1 aliphatic heterocycles. The zero-order chi connectivity index (χ0) is 9.84. The molecule has 3 heteroatoms. The fourth-order valence-electron chi connectivity index (χ4n) is 1.12. The minimum Gasteiger partial charge on any atom is -0.288 e. The van der Waals surface area contributed by atoms with Gasteiger partial charge >= 0.3 is 0 Å². The quantitative estimate of drug-likeness (QED) is 0.466. The molecule has 0 spiro atoms. The molecule has 0 aromatic heterocycles. The van der Waals surface area contributed by atoms with E-state index >= 15 is 0 Å². The van der Waals surface area contributed by atoms with Crippen LogP contribution < -0.4 is 5.32 Å². The first-order valence-electron chi connectivity index (χ1n) is 3.57. The summed E-state index contributed by atoms with van der Waals surface area (Å²) in [7, 11) is 0. The maximum absolute atomic E-state index is 10.9. The molecule has 0 atom stereocenters. The topological polar surface area (TPSA) is 46.2 Å². The van der Waals surface area contributed by atoms with Gasteiger partial charge in [-0.05, 0) is 12.1 Å². The van der Waals surface area contributed by atoms with E-state index in [4.69, 9.17) is 0 Å². The number of imide groups is 1. The van der Waals surface area contributed by atoms with Crippen LogP contribution in [0.1, 0.15) is 20.7 Å². The lowest BCUT2D eigenvalue weighted by Gasteiger charge is -1.88. The maximum Gasteiger partial charge on any atom is 0.258 e. The van der Waals surface area contributed by atoms with Crippen LogP contribution in [-0.2, 0) is 0 Å². The number of terminal acetylenes is 1. The first kappa shape index (κ1) is 9.01. The van der Waals surface area contributed by atoms with Crippen molar-refractivity contribution in [3.05, 3.63) is 35.4 Å². The van der Waals surface area contributed by atoms with Crippen LogP contribution in [0.25, 0.3) is 0 Å². The molecular weight excluding hydrogens is 166 g/mol. The van der Waals surface area contributed by atoms with Gasteiger partial charge in [-0.1, -0.05) is 12.1 Å². The number of fused-ring (bicyclic) bond motifs is 1. The molecule has 2 rings (SSSR count). The second kappa shape index (κ2) is 3.55. The molecule has 0 unspecified atom stereocenters. The number of rotatable bonds is 0. The largest absolute Gasteiger partial charge is 0.288 e. The van der Waals surface area contributed by atoms with Gasteiger partial charge in [0.05, 0.1) is 11.1 Å². The highest BCUT2D eigenvalue weighted by Crippen LogP contribution is 2.13. The molecule has 3 nitrogen and oxygen atoms in total. The van der Waals surface area contributed by atoms with Crippen LogP contribution in [0.5, 0.6) is 0 Å². The number of amides is 2. The van der Waals surface area contributed by atoms with Gasteiger partial charge in [-0.2, -0.15) is 0 Å². The molecule has 13 heavy (non-hydrogen) atoms. The number of carbonyl (C=O) groups is 2. The molecule has 0 bridgehead atoms. The first-order valence-corrected chi connectivity index (χ1v) is 3.57. The van der Waals surface area contributed by atoms with Gasteiger partial charge in [0.1, 0.15) is 0 Å². The number of hydrogen-bond donors (Lipinski definition) is 1. The van der Waals surface area contributed by atoms with E-state index in [-0.39, 0.29) is 11.8 Å². The van der Waals surface area contributed by atoms with Crippen molar-refractivity contribution >= 4 is 11.8 Å². The van der Waals surface area contributed by atoms with Crippen molar-refractivity contribution in [3.8, 4) is 12.8 Å². The molecule has 0 fully saturated rings. The summed E-state index contributed by atoms with van der Waals surface area (Å²) in [6.07, 6.45) is 8.00. The molecule has 0 aliphatic carbocycles. The highest BCUT2D eigenvalue weighted by molar-refractivity contribution is 6.21. The fourth-order valence-corrected chi connectivity index (χ4v) is 1.12. The molecule has 64 valence electrons. The summed E-state index contributed by atoms with van der Waals surface area (Å²) in [6.45, 7) is 0. The van der Waals surface area contributed by atoms with E-state index in [9.17, 15) is 9.59 Å². The van der Waals surface area contributed by atoms with Crippen LogP contribution in [0.15, 0.2) is 24.3 Å². The highest BCUT2D eigenvalue weighted by Gasteiger charge is 2.25. The number of nitrogens with one attached hydrogen (secondary N) is 1. The van der Waals surface area contributed by atoms with Crippen LogP contribution in [0.4, 0.5) is 0 Å². The third kappa shape index (κ3) is 1.42. The zero-order valence-corrected chi connectivity index (χ0v) is 6.78. The standard InChI is InChI=1S/C8H5NO2.C2H2/c10-7-5-3-1-2-4-6(5)8(11)9-7;1-2/h1-4H,(H,9,10,11);1-2H. The van der Waals surface area contributed by atoms with Crippen LogP contribution >= 0.6 is 0 Å². The Morgan fingerprint density at radius 3 is 1.69 bits per heavy atom.